The van der Waals surface area contributed by atoms with Crippen molar-refractivity contribution in [2.24, 2.45) is 5.73 Å². The van der Waals surface area contributed by atoms with Crippen LogP contribution < -0.4 is 10.6 Å². The number of amides is 2. The lowest BCUT2D eigenvalue weighted by atomic mass is 9.89. The first kappa shape index (κ1) is 15.4. The summed E-state index contributed by atoms with van der Waals surface area (Å²) in [6.45, 7) is 0. The number of fused-ring (bicyclic) bond motifs is 1. The zero-order valence-corrected chi connectivity index (χ0v) is 12.2. The first-order valence-electron chi connectivity index (χ1n) is 7.22. The number of hydrogen-bond acceptors (Lipinski definition) is 1. The summed E-state index contributed by atoms with van der Waals surface area (Å²) < 4.78 is 39.9. The monoisotopic (exact) mass is 320 g/mol. The molecule has 0 fully saturated rings. The van der Waals surface area contributed by atoms with E-state index in [0.29, 0.717) is 18.5 Å². The molecule has 6 heteroatoms. The Labute approximate surface area is 131 Å². The average Bonchev–Trinajstić information content (AvgIpc) is 2.52. The first-order valence-corrected chi connectivity index (χ1v) is 7.22. The van der Waals surface area contributed by atoms with Crippen LogP contribution in [0, 0.1) is 0 Å². The molecule has 0 aromatic heterocycles. The summed E-state index contributed by atoms with van der Waals surface area (Å²) in [5.41, 5.74) is 6.31. The lowest BCUT2D eigenvalue weighted by Gasteiger charge is -2.37. The van der Waals surface area contributed by atoms with Crippen LogP contribution in [0.2, 0.25) is 0 Å². The number of carbonyl (C=O) groups excluding carboxylic acids is 1. The number of aryl methyl sites for hydroxylation is 1. The summed E-state index contributed by atoms with van der Waals surface area (Å²) in [5.74, 6) is 0. The largest absolute Gasteiger partial charge is 0.416 e. The number of alkyl halides is 3. The van der Waals surface area contributed by atoms with Crippen LogP contribution in [0.3, 0.4) is 0 Å². The van der Waals surface area contributed by atoms with Gasteiger partial charge in [-0.25, -0.2) is 4.79 Å². The molecule has 0 spiro atoms. The van der Waals surface area contributed by atoms with E-state index in [0.717, 1.165) is 11.6 Å². The SMILES string of the molecule is NC(=O)N1c2ccccc2CCC1c1ccccc1C(F)(F)F. The van der Waals surface area contributed by atoms with Crippen molar-refractivity contribution in [3.63, 3.8) is 0 Å². The van der Waals surface area contributed by atoms with Gasteiger partial charge in [-0.15, -0.1) is 0 Å². The fraction of sp³-hybridized carbons (Fsp3) is 0.235. The van der Waals surface area contributed by atoms with Gasteiger partial charge in [0.25, 0.3) is 0 Å². The van der Waals surface area contributed by atoms with Gasteiger partial charge in [-0.2, -0.15) is 13.2 Å². The van der Waals surface area contributed by atoms with E-state index in [4.69, 9.17) is 5.73 Å². The van der Waals surface area contributed by atoms with Gasteiger partial charge in [0.1, 0.15) is 0 Å². The lowest BCUT2D eigenvalue weighted by Crippen LogP contribution is -2.42. The van der Waals surface area contributed by atoms with Crippen LogP contribution in [0.5, 0.6) is 0 Å². The molecule has 0 bridgehead atoms. The van der Waals surface area contributed by atoms with Gasteiger partial charge in [-0.3, -0.25) is 4.90 Å². The molecule has 0 saturated heterocycles. The number of urea groups is 1. The van der Waals surface area contributed by atoms with Crippen molar-refractivity contribution >= 4 is 11.7 Å². The quantitative estimate of drug-likeness (QED) is 0.837. The first-order chi connectivity index (χ1) is 10.9. The smallest absolute Gasteiger partial charge is 0.351 e. The third kappa shape index (κ3) is 2.76. The number of hydrogen-bond donors (Lipinski definition) is 1. The predicted octanol–water partition coefficient (Wildman–Crippen LogP) is 4.28. The normalized spacial score (nSPS) is 17.7. The van der Waals surface area contributed by atoms with Gasteiger partial charge >= 0.3 is 12.2 Å². The van der Waals surface area contributed by atoms with Crippen LogP contribution in [-0.4, -0.2) is 6.03 Å². The molecule has 23 heavy (non-hydrogen) atoms. The van der Waals surface area contributed by atoms with E-state index in [1.807, 2.05) is 12.1 Å². The second kappa shape index (κ2) is 5.61. The molecule has 1 atom stereocenters. The summed E-state index contributed by atoms with van der Waals surface area (Å²) in [6.07, 6.45) is -3.49. The van der Waals surface area contributed by atoms with Crippen LogP contribution in [-0.2, 0) is 12.6 Å². The van der Waals surface area contributed by atoms with Gasteiger partial charge in [0.05, 0.1) is 11.6 Å². The summed E-state index contributed by atoms with van der Waals surface area (Å²) >= 11 is 0. The maximum Gasteiger partial charge on any atom is 0.416 e. The molecule has 2 aromatic rings. The number of nitrogens with two attached hydrogens (primary N) is 1. The Kier molecular flexibility index (Phi) is 3.75. The van der Waals surface area contributed by atoms with E-state index < -0.39 is 23.8 Å². The lowest BCUT2D eigenvalue weighted by molar-refractivity contribution is -0.138. The maximum absolute atomic E-state index is 13.3. The van der Waals surface area contributed by atoms with Crippen molar-refractivity contribution in [2.45, 2.75) is 25.1 Å². The number of nitrogens with zero attached hydrogens (tertiary/aromatic N) is 1. The predicted molar refractivity (Wildman–Crippen MR) is 81.0 cm³/mol. The van der Waals surface area contributed by atoms with Gasteiger partial charge in [0.2, 0.25) is 0 Å². The molecular weight excluding hydrogens is 305 g/mol. The van der Waals surface area contributed by atoms with Crippen LogP contribution in [0.1, 0.15) is 29.2 Å². The molecule has 1 aliphatic rings. The molecule has 2 aromatic carbocycles. The second-order valence-corrected chi connectivity index (χ2v) is 5.48. The summed E-state index contributed by atoms with van der Waals surface area (Å²) in [7, 11) is 0. The molecule has 1 heterocycles. The van der Waals surface area contributed by atoms with Crippen LogP contribution in [0.15, 0.2) is 48.5 Å². The highest BCUT2D eigenvalue weighted by atomic mass is 19.4. The molecule has 120 valence electrons. The number of anilines is 1. The van der Waals surface area contributed by atoms with Crippen molar-refractivity contribution < 1.29 is 18.0 Å². The highest BCUT2D eigenvalue weighted by molar-refractivity contribution is 5.93. The second-order valence-electron chi connectivity index (χ2n) is 5.48. The van der Waals surface area contributed by atoms with E-state index >= 15 is 0 Å². The Morgan fingerprint density at radius 2 is 1.74 bits per heavy atom. The Bertz CT molecular complexity index is 743. The Hall–Kier alpha value is -2.50. The summed E-state index contributed by atoms with van der Waals surface area (Å²) in [5, 5.41) is 0. The van der Waals surface area contributed by atoms with Gasteiger partial charge in [-0.05, 0) is 36.1 Å². The molecule has 3 rings (SSSR count). The Balaban J connectivity index is 2.13. The van der Waals surface area contributed by atoms with E-state index in [-0.39, 0.29) is 5.56 Å². The van der Waals surface area contributed by atoms with Gasteiger partial charge in [0, 0.05) is 5.69 Å². The number of halogens is 3. The summed E-state index contributed by atoms with van der Waals surface area (Å²) in [6, 6.07) is 11.0. The third-order valence-electron chi connectivity index (χ3n) is 4.11. The molecule has 2 amide bonds. The van der Waals surface area contributed by atoms with E-state index in [1.54, 1.807) is 18.2 Å². The number of benzene rings is 2. The van der Waals surface area contributed by atoms with Crippen molar-refractivity contribution in [1.29, 1.82) is 0 Å². The minimum Gasteiger partial charge on any atom is -0.351 e. The van der Waals surface area contributed by atoms with Crippen molar-refractivity contribution in [3.05, 3.63) is 65.2 Å². The van der Waals surface area contributed by atoms with E-state index in [2.05, 4.69) is 0 Å². The Morgan fingerprint density at radius 1 is 1.09 bits per heavy atom. The highest BCUT2D eigenvalue weighted by Gasteiger charge is 2.39. The third-order valence-corrected chi connectivity index (χ3v) is 4.11. The van der Waals surface area contributed by atoms with Gasteiger partial charge < -0.3 is 5.73 Å². The fourth-order valence-electron chi connectivity index (χ4n) is 3.16. The van der Waals surface area contributed by atoms with Gasteiger partial charge in [-0.1, -0.05) is 36.4 Å². The highest BCUT2D eigenvalue weighted by Crippen LogP contribution is 2.42. The Morgan fingerprint density at radius 3 is 2.43 bits per heavy atom. The average molecular weight is 320 g/mol. The van der Waals surface area contributed by atoms with Crippen LogP contribution in [0.25, 0.3) is 0 Å². The molecule has 1 aliphatic heterocycles. The molecule has 0 radical (unpaired) electrons. The van der Waals surface area contributed by atoms with Crippen molar-refractivity contribution in [2.75, 3.05) is 4.90 Å². The van der Waals surface area contributed by atoms with Crippen LogP contribution in [0.4, 0.5) is 23.7 Å². The van der Waals surface area contributed by atoms with E-state index in [9.17, 15) is 18.0 Å². The molecule has 0 aliphatic carbocycles. The number of para-hydroxylation sites is 1. The molecular formula is C17H15F3N2O. The van der Waals surface area contributed by atoms with E-state index in [1.165, 1.54) is 17.0 Å². The standard InChI is InChI=1S/C17H15F3N2O/c18-17(19,20)13-7-3-2-6-12(13)15-10-9-11-5-1-4-8-14(11)22(15)16(21)23/h1-8,15H,9-10H2,(H2,21,23). The summed E-state index contributed by atoms with van der Waals surface area (Å²) in [4.78, 5) is 13.2. The topological polar surface area (TPSA) is 46.3 Å². The molecule has 1 unspecified atom stereocenters. The minimum absolute atomic E-state index is 0.0771. The zero-order chi connectivity index (χ0) is 16.6. The van der Waals surface area contributed by atoms with Crippen molar-refractivity contribution in [1.82, 2.24) is 0 Å². The van der Waals surface area contributed by atoms with Gasteiger partial charge in [0.15, 0.2) is 0 Å². The molecule has 3 nitrogen and oxygen atoms in total. The number of rotatable bonds is 1. The zero-order valence-electron chi connectivity index (χ0n) is 12.2. The molecule has 2 N–H and O–H groups in total. The minimum atomic E-state index is -4.48. The number of primary amides is 1. The maximum atomic E-state index is 13.3. The van der Waals surface area contributed by atoms with Crippen LogP contribution >= 0.6 is 0 Å². The molecule has 0 saturated carbocycles. The van der Waals surface area contributed by atoms with Crippen molar-refractivity contribution in [3.8, 4) is 0 Å². The fourth-order valence-corrected chi connectivity index (χ4v) is 3.16. The number of carbonyl (C=O) groups is 1.